The van der Waals surface area contributed by atoms with Gasteiger partial charge in [-0.2, -0.15) is 0 Å². The van der Waals surface area contributed by atoms with Crippen molar-refractivity contribution in [3.63, 3.8) is 0 Å². The van der Waals surface area contributed by atoms with Gasteiger partial charge in [0, 0.05) is 42.7 Å². The molecule has 0 fully saturated rings. The molecule has 3 rings (SSSR count). The van der Waals surface area contributed by atoms with Crippen LogP contribution in [0.5, 0.6) is 0 Å². The predicted molar refractivity (Wildman–Crippen MR) is 244 cm³/mol. The van der Waals surface area contributed by atoms with Gasteiger partial charge in [0.05, 0.1) is 0 Å². The van der Waals surface area contributed by atoms with Crippen LogP contribution < -0.4 is 0 Å². The van der Waals surface area contributed by atoms with Crippen LogP contribution in [0.25, 0.3) is 16.9 Å². The average Bonchev–Trinajstić information content (AvgIpc) is 3.47. The smallest absolute Gasteiger partial charge is 0.211 e. The van der Waals surface area contributed by atoms with Crippen LogP contribution in [0.4, 0.5) is 0 Å². The molecule has 1 aliphatic heterocycles. The molecule has 2 aromatic carbocycles. The molecule has 1 aliphatic rings. The van der Waals surface area contributed by atoms with E-state index in [9.17, 15) is 5.53 Å². The first-order valence-electron chi connectivity index (χ1n) is 24.2. The molecular weight excluding hydrogens is 771 g/mol. The molecule has 0 radical (unpaired) electrons. The summed E-state index contributed by atoms with van der Waals surface area (Å²) in [6, 6.07) is 10.1. The molecule has 0 saturated carbocycles. The maximum absolute atomic E-state index is 12.9. The summed E-state index contributed by atoms with van der Waals surface area (Å²) in [6.45, 7) is 18.6. The normalized spacial score (nSPS) is 13.0. The maximum Gasteiger partial charge on any atom is 0.211 e. The quantitative estimate of drug-likeness (QED) is 0.0410. The Morgan fingerprint density at radius 3 is 0.946 bits per heavy atom. The molecule has 0 aromatic heterocycles. The molecule has 0 amide bonds. The Morgan fingerprint density at radius 2 is 0.607 bits per heavy atom. The number of rotatable bonds is 31. The van der Waals surface area contributed by atoms with Gasteiger partial charge in [-0.1, -0.05) is 139 Å². The Bertz CT molecular complexity index is 1430. The van der Waals surface area contributed by atoms with E-state index in [0.717, 1.165) is 49.9 Å². The molecule has 0 aliphatic carbocycles. The van der Waals surface area contributed by atoms with Crippen molar-refractivity contribution in [3.8, 4) is 0 Å². The van der Waals surface area contributed by atoms with Gasteiger partial charge in [-0.05, 0) is 160 Å². The topological polar surface area (TPSA) is 25.3 Å². The average molecular weight is 858 g/mol. The molecule has 3 heteroatoms. The van der Waals surface area contributed by atoms with Crippen molar-refractivity contribution in [2.24, 2.45) is 0 Å². The van der Waals surface area contributed by atoms with Crippen molar-refractivity contribution in [1.29, 1.82) is 0 Å². The summed E-state index contributed by atoms with van der Waals surface area (Å²) in [6.07, 6.45) is 35.0. The van der Waals surface area contributed by atoms with Crippen LogP contribution >= 0.6 is 0 Å². The van der Waals surface area contributed by atoms with E-state index in [1.165, 1.54) is 170 Å². The van der Waals surface area contributed by atoms with E-state index >= 15 is 0 Å². The number of aryl methyl sites for hydroxylation is 4. The SMILES string of the molecule is CCCCCCCCC1=C(c2cc(CCCC)c(CCCC)c(CCCC)c2)[N+](=[N-])C(c2cc(CCCC)c(CCCC)c(CCCC)c2)=C1CCCCC.[Pd]. The fourth-order valence-electron chi connectivity index (χ4n) is 9.00. The summed E-state index contributed by atoms with van der Waals surface area (Å²) in [4.78, 5) is 0. The maximum atomic E-state index is 12.9. The van der Waals surface area contributed by atoms with E-state index in [1.807, 2.05) is 0 Å². The molecular formula is C53H86N2Pd. The van der Waals surface area contributed by atoms with Gasteiger partial charge in [0.1, 0.15) is 0 Å². The Labute approximate surface area is 361 Å². The molecule has 0 spiro atoms. The summed E-state index contributed by atoms with van der Waals surface area (Å²) < 4.78 is 1.73. The number of nitrogens with zero attached hydrogens (tertiary/aromatic N) is 2. The predicted octanol–water partition coefficient (Wildman–Crippen LogP) is 17.2. The van der Waals surface area contributed by atoms with Crippen LogP contribution in [-0.4, -0.2) is 4.70 Å². The number of benzene rings is 2. The minimum atomic E-state index is 0. The van der Waals surface area contributed by atoms with Crippen LogP contribution in [0.3, 0.4) is 0 Å². The van der Waals surface area contributed by atoms with Gasteiger partial charge >= 0.3 is 0 Å². The Hall–Kier alpha value is -1.82. The summed E-state index contributed by atoms with van der Waals surface area (Å²) in [7, 11) is 0. The van der Waals surface area contributed by atoms with Crippen molar-refractivity contribution in [2.75, 3.05) is 0 Å². The first-order valence-corrected chi connectivity index (χ1v) is 24.2. The monoisotopic (exact) mass is 857 g/mol. The number of hydrogen-bond acceptors (Lipinski definition) is 0. The first kappa shape index (κ1) is 50.3. The zero-order chi connectivity index (χ0) is 39.8. The van der Waals surface area contributed by atoms with Crippen LogP contribution in [0, 0.1) is 0 Å². The molecule has 0 atom stereocenters. The summed E-state index contributed by atoms with van der Waals surface area (Å²) in [5.41, 5.74) is 30.0. The van der Waals surface area contributed by atoms with Gasteiger partial charge in [0.15, 0.2) is 0 Å². The van der Waals surface area contributed by atoms with E-state index in [-0.39, 0.29) is 20.4 Å². The molecule has 1 heterocycles. The largest absolute Gasteiger partial charge is 0.493 e. The summed E-state index contributed by atoms with van der Waals surface area (Å²) >= 11 is 0. The second-order valence-corrected chi connectivity index (χ2v) is 17.1. The summed E-state index contributed by atoms with van der Waals surface area (Å²) in [5.74, 6) is 0. The molecule has 0 bridgehead atoms. The van der Waals surface area contributed by atoms with Crippen LogP contribution in [-0.2, 0) is 58.9 Å². The molecule has 56 heavy (non-hydrogen) atoms. The fourth-order valence-corrected chi connectivity index (χ4v) is 9.00. The second kappa shape index (κ2) is 29.4. The molecule has 0 unspecified atom stereocenters. The molecule has 0 N–H and O–H groups in total. The van der Waals surface area contributed by atoms with Crippen molar-refractivity contribution >= 4 is 11.4 Å². The third kappa shape index (κ3) is 15.1. The van der Waals surface area contributed by atoms with Crippen molar-refractivity contribution < 1.29 is 25.1 Å². The zero-order valence-corrected chi connectivity index (χ0v) is 39.6. The van der Waals surface area contributed by atoms with E-state index in [0.29, 0.717) is 0 Å². The van der Waals surface area contributed by atoms with Crippen molar-refractivity contribution in [2.45, 2.75) is 242 Å². The van der Waals surface area contributed by atoms with Crippen LogP contribution in [0.15, 0.2) is 35.4 Å². The van der Waals surface area contributed by atoms with Crippen molar-refractivity contribution in [1.82, 2.24) is 0 Å². The molecule has 2 aromatic rings. The van der Waals surface area contributed by atoms with Gasteiger partial charge in [-0.3, -0.25) is 0 Å². The number of hydrogen-bond donors (Lipinski definition) is 0. The number of unbranched alkanes of at least 4 members (excludes halogenated alkanes) is 13. The van der Waals surface area contributed by atoms with E-state index in [4.69, 9.17) is 0 Å². The second-order valence-electron chi connectivity index (χ2n) is 17.1. The van der Waals surface area contributed by atoms with E-state index in [1.54, 1.807) is 38.1 Å². The Kier molecular flexibility index (Phi) is 26.4. The molecule has 2 nitrogen and oxygen atoms in total. The van der Waals surface area contributed by atoms with E-state index in [2.05, 4.69) is 79.7 Å². The van der Waals surface area contributed by atoms with Gasteiger partial charge in [0.25, 0.3) is 0 Å². The van der Waals surface area contributed by atoms with Crippen LogP contribution in [0.2, 0.25) is 0 Å². The first-order chi connectivity index (χ1) is 26.9. The van der Waals surface area contributed by atoms with Gasteiger partial charge in [0.2, 0.25) is 11.4 Å². The minimum Gasteiger partial charge on any atom is -0.493 e. The van der Waals surface area contributed by atoms with Gasteiger partial charge in [-0.15, -0.1) is 0 Å². The standard InChI is InChI=1S/C53H86N2.Pd/c1-9-17-25-26-27-29-37-51-50(36-28-18-10-2)52(46-38-42(30-19-11-3)48(34-23-15-7)43(39-46)31-20-12-4)55(54)53(51)47-40-44(32-21-13-5)49(35-24-16-8)45(41-47)33-22-14-6;/h38-41H,9-37H2,1-8H3;. The molecule has 0 saturated heterocycles. The van der Waals surface area contributed by atoms with Crippen LogP contribution in [0.1, 0.15) is 248 Å². The third-order valence-corrected chi connectivity index (χ3v) is 12.3. The van der Waals surface area contributed by atoms with E-state index < -0.39 is 0 Å². The van der Waals surface area contributed by atoms with Gasteiger partial charge < -0.3 is 5.53 Å². The third-order valence-electron chi connectivity index (χ3n) is 12.3. The minimum absolute atomic E-state index is 0. The van der Waals surface area contributed by atoms with Crippen molar-refractivity contribution in [3.05, 3.63) is 85.5 Å². The molecule has 318 valence electrons. The van der Waals surface area contributed by atoms with Gasteiger partial charge in [-0.25, -0.2) is 4.70 Å². The zero-order valence-electron chi connectivity index (χ0n) is 38.0. The fraction of sp³-hybridized carbons (Fsp3) is 0.698. The summed E-state index contributed by atoms with van der Waals surface area (Å²) in [5, 5.41) is 0. The number of allylic oxidation sites excluding steroid dienone is 2. The Morgan fingerprint density at radius 1 is 0.339 bits per heavy atom. The Balaban J connectivity index is 0.0000108.